The van der Waals surface area contributed by atoms with E-state index in [4.69, 9.17) is 10.2 Å². The van der Waals surface area contributed by atoms with Crippen LogP contribution in [0.2, 0.25) is 0 Å². The molecule has 0 atom stereocenters. The van der Waals surface area contributed by atoms with Gasteiger partial charge < -0.3 is 4.57 Å². The standard InChI is InChI=1S/C19H15N5S/c1-2-24-16-6-4-3-5-15(16)17-18(24)21-19(23-22-17)25-12-14-9-7-13(11-20)8-10-14/h3-10H,2,12H2,1H3. The second kappa shape index (κ2) is 6.54. The van der Waals surface area contributed by atoms with Crippen LogP contribution in [-0.2, 0) is 12.3 Å². The van der Waals surface area contributed by atoms with Gasteiger partial charge in [0.25, 0.3) is 0 Å². The molecule has 2 aromatic carbocycles. The number of nitrogens with zero attached hydrogens (tertiary/aromatic N) is 5. The molecule has 25 heavy (non-hydrogen) atoms. The summed E-state index contributed by atoms with van der Waals surface area (Å²) in [5, 5.41) is 19.3. The smallest absolute Gasteiger partial charge is 0.211 e. The summed E-state index contributed by atoms with van der Waals surface area (Å²) in [6, 6.07) is 17.9. The van der Waals surface area contributed by atoms with Crippen molar-refractivity contribution >= 4 is 33.8 Å². The predicted octanol–water partition coefficient (Wildman–Crippen LogP) is 4.16. The highest BCUT2D eigenvalue weighted by Gasteiger charge is 2.13. The summed E-state index contributed by atoms with van der Waals surface area (Å²) in [5.41, 5.74) is 4.65. The van der Waals surface area contributed by atoms with Crippen LogP contribution < -0.4 is 0 Å². The van der Waals surface area contributed by atoms with Gasteiger partial charge in [0.2, 0.25) is 5.16 Å². The normalized spacial score (nSPS) is 11.0. The van der Waals surface area contributed by atoms with Crippen LogP contribution in [0, 0.1) is 11.3 Å². The first-order valence-corrected chi connectivity index (χ1v) is 9.02. The fraction of sp³-hybridized carbons (Fsp3) is 0.158. The number of benzene rings is 2. The quantitative estimate of drug-likeness (QED) is 0.519. The number of fused-ring (bicyclic) bond motifs is 3. The van der Waals surface area contributed by atoms with Crippen molar-refractivity contribution in [1.29, 1.82) is 5.26 Å². The fourth-order valence-electron chi connectivity index (χ4n) is 2.89. The highest BCUT2D eigenvalue weighted by molar-refractivity contribution is 7.98. The van der Waals surface area contributed by atoms with E-state index in [2.05, 4.69) is 39.9 Å². The van der Waals surface area contributed by atoms with Gasteiger partial charge in [0.05, 0.1) is 17.1 Å². The largest absolute Gasteiger partial charge is 0.324 e. The summed E-state index contributed by atoms with van der Waals surface area (Å²) in [6.45, 7) is 2.94. The van der Waals surface area contributed by atoms with E-state index in [0.717, 1.165) is 39.9 Å². The van der Waals surface area contributed by atoms with E-state index in [1.807, 2.05) is 36.4 Å². The second-order valence-corrected chi connectivity index (χ2v) is 6.57. The molecule has 0 aliphatic rings. The topological polar surface area (TPSA) is 67.4 Å². The molecule has 0 amide bonds. The third-order valence-corrected chi connectivity index (χ3v) is 5.03. The van der Waals surface area contributed by atoms with E-state index in [-0.39, 0.29) is 0 Å². The Morgan fingerprint density at radius 2 is 1.88 bits per heavy atom. The molecule has 0 spiro atoms. The lowest BCUT2D eigenvalue weighted by Crippen LogP contribution is -1.98. The molecule has 4 rings (SSSR count). The summed E-state index contributed by atoms with van der Waals surface area (Å²) < 4.78 is 2.17. The predicted molar refractivity (Wildman–Crippen MR) is 99.2 cm³/mol. The lowest BCUT2D eigenvalue weighted by atomic mass is 10.2. The van der Waals surface area contributed by atoms with Crippen LogP contribution in [0.25, 0.3) is 22.1 Å². The van der Waals surface area contributed by atoms with E-state index in [0.29, 0.717) is 10.7 Å². The molecule has 0 fully saturated rings. The minimum Gasteiger partial charge on any atom is -0.324 e. The van der Waals surface area contributed by atoms with Crippen molar-refractivity contribution in [2.75, 3.05) is 0 Å². The van der Waals surface area contributed by atoms with Gasteiger partial charge in [-0.1, -0.05) is 42.1 Å². The van der Waals surface area contributed by atoms with Gasteiger partial charge in [-0.15, -0.1) is 10.2 Å². The Morgan fingerprint density at radius 1 is 1.08 bits per heavy atom. The van der Waals surface area contributed by atoms with E-state index < -0.39 is 0 Å². The lowest BCUT2D eigenvalue weighted by Gasteiger charge is -2.03. The molecule has 0 radical (unpaired) electrons. The molecule has 0 N–H and O–H groups in total. The minimum absolute atomic E-state index is 0.661. The zero-order valence-electron chi connectivity index (χ0n) is 13.7. The molecule has 2 heterocycles. The van der Waals surface area contributed by atoms with Crippen LogP contribution in [0.1, 0.15) is 18.1 Å². The molecular weight excluding hydrogens is 330 g/mol. The number of rotatable bonds is 4. The van der Waals surface area contributed by atoms with Gasteiger partial charge in [-0.05, 0) is 30.7 Å². The number of thioether (sulfide) groups is 1. The van der Waals surface area contributed by atoms with Crippen LogP contribution in [0.3, 0.4) is 0 Å². The lowest BCUT2D eigenvalue weighted by molar-refractivity contribution is 0.789. The van der Waals surface area contributed by atoms with E-state index in [9.17, 15) is 0 Å². The van der Waals surface area contributed by atoms with Gasteiger partial charge in [0, 0.05) is 17.7 Å². The third kappa shape index (κ3) is 2.83. The Labute approximate surface area is 149 Å². The minimum atomic E-state index is 0.661. The maximum Gasteiger partial charge on any atom is 0.211 e. The molecule has 2 aromatic heterocycles. The highest BCUT2D eigenvalue weighted by Crippen LogP contribution is 2.27. The monoisotopic (exact) mass is 345 g/mol. The summed E-state index contributed by atoms with van der Waals surface area (Å²) in [6.07, 6.45) is 0. The molecule has 122 valence electrons. The maximum atomic E-state index is 8.86. The number of para-hydroxylation sites is 1. The Balaban J connectivity index is 1.66. The van der Waals surface area contributed by atoms with Crippen LogP contribution >= 0.6 is 11.8 Å². The van der Waals surface area contributed by atoms with Gasteiger partial charge in [-0.25, -0.2) is 4.98 Å². The second-order valence-electron chi connectivity index (χ2n) is 5.63. The average molecular weight is 345 g/mol. The van der Waals surface area contributed by atoms with Crippen LogP contribution in [0.15, 0.2) is 53.7 Å². The van der Waals surface area contributed by atoms with E-state index in [1.165, 1.54) is 0 Å². The van der Waals surface area contributed by atoms with Gasteiger partial charge in [-0.3, -0.25) is 0 Å². The van der Waals surface area contributed by atoms with Crippen LogP contribution in [0.4, 0.5) is 0 Å². The Bertz CT molecular complexity index is 1090. The van der Waals surface area contributed by atoms with Crippen molar-refractivity contribution in [3.05, 3.63) is 59.7 Å². The zero-order valence-corrected chi connectivity index (χ0v) is 14.5. The number of hydrogen-bond acceptors (Lipinski definition) is 5. The van der Waals surface area contributed by atoms with Crippen molar-refractivity contribution in [1.82, 2.24) is 19.7 Å². The molecule has 4 aromatic rings. The fourth-order valence-corrected chi connectivity index (χ4v) is 3.63. The van der Waals surface area contributed by atoms with Crippen molar-refractivity contribution < 1.29 is 0 Å². The number of aryl methyl sites for hydroxylation is 1. The molecule has 0 bridgehead atoms. The Hall–Kier alpha value is -2.91. The van der Waals surface area contributed by atoms with Crippen molar-refractivity contribution in [3.8, 4) is 6.07 Å². The Kier molecular flexibility index (Phi) is 4.08. The summed E-state index contributed by atoms with van der Waals surface area (Å²) in [4.78, 5) is 4.73. The summed E-state index contributed by atoms with van der Waals surface area (Å²) in [5.74, 6) is 0.741. The van der Waals surface area contributed by atoms with Gasteiger partial charge >= 0.3 is 0 Å². The number of hydrogen-bond donors (Lipinski definition) is 0. The SMILES string of the molecule is CCn1c2ccccc2c2nnc(SCc3ccc(C#N)cc3)nc21. The molecule has 6 heteroatoms. The first-order chi connectivity index (χ1) is 12.3. The Morgan fingerprint density at radius 3 is 2.64 bits per heavy atom. The third-order valence-electron chi connectivity index (χ3n) is 4.12. The molecule has 0 saturated heterocycles. The van der Waals surface area contributed by atoms with Crippen LogP contribution in [-0.4, -0.2) is 19.7 Å². The first-order valence-electron chi connectivity index (χ1n) is 8.03. The molecule has 0 saturated carbocycles. The number of nitriles is 1. The number of aromatic nitrogens is 4. The summed E-state index contributed by atoms with van der Waals surface area (Å²) >= 11 is 1.55. The van der Waals surface area contributed by atoms with E-state index >= 15 is 0 Å². The van der Waals surface area contributed by atoms with Gasteiger partial charge in [-0.2, -0.15) is 5.26 Å². The van der Waals surface area contributed by atoms with Crippen molar-refractivity contribution in [3.63, 3.8) is 0 Å². The van der Waals surface area contributed by atoms with Crippen molar-refractivity contribution in [2.45, 2.75) is 24.4 Å². The molecule has 0 aliphatic carbocycles. The molecular formula is C19H15N5S. The highest BCUT2D eigenvalue weighted by atomic mass is 32.2. The summed E-state index contributed by atoms with van der Waals surface area (Å²) in [7, 11) is 0. The molecule has 5 nitrogen and oxygen atoms in total. The zero-order chi connectivity index (χ0) is 17.2. The van der Waals surface area contributed by atoms with Crippen molar-refractivity contribution in [2.24, 2.45) is 0 Å². The van der Waals surface area contributed by atoms with Gasteiger partial charge in [0.1, 0.15) is 5.52 Å². The van der Waals surface area contributed by atoms with E-state index in [1.54, 1.807) is 11.8 Å². The first kappa shape index (κ1) is 15.6. The average Bonchev–Trinajstić information content (AvgIpc) is 2.99. The van der Waals surface area contributed by atoms with Crippen LogP contribution in [0.5, 0.6) is 0 Å². The molecule has 0 aliphatic heterocycles. The van der Waals surface area contributed by atoms with Gasteiger partial charge in [0.15, 0.2) is 5.65 Å². The molecule has 0 unspecified atom stereocenters. The maximum absolute atomic E-state index is 8.86.